The van der Waals surface area contributed by atoms with Gasteiger partial charge in [0.15, 0.2) is 0 Å². The molecule has 0 fully saturated rings. The lowest BCUT2D eigenvalue weighted by molar-refractivity contribution is 0.0476. The van der Waals surface area contributed by atoms with Crippen LogP contribution in [0.15, 0.2) is 60.8 Å². The minimum atomic E-state index is -3.41. The number of anilines is 1. The second kappa shape index (κ2) is 7.67. The molecular formula is C18H16N2O4S2. The Morgan fingerprint density at radius 2 is 1.92 bits per heavy atom. The zero-order valence-corrected chi connectivity index (χ0v) is 15.5. The Bertz CT molecular complexity index is 1010. The van der Waals surface area contributed by atoms with Crippen molar-refractivity contribution in [2.24, 2.45) is 0 Å². The molecule has 1 heterocycles. The third-order valence-corrected chi connectivity index (χ3v) is 4.95. The van der Waals surface area contributed by atoms with Crippen LogP contribution in [0, 0.1) is 0 Å². The van der Waals surface area contributed by atoms with Crippen molar-refractivity contribution >= 4 is 33.0 Å². The van der Waals surface area contributed by atoms with E-state index < -0.39 is 16.0 Å². The summed E-state index contributed by atoms with van der Waals surface area (Å²) in [6.45, 7) is 0.104. The average Bonchev–Trinajstić information content (AvgIpc) is 3.08. The summed E-state index contributed by atoms with van der Waals surface area (Å²) in [5.41, 5.74) is 1.59. The van der Waals surface area contributed by atoms with E-state index in [0.29, 0.717) is 5.69 Å². The van der Waals surface area contributed by atoms with Gasteiger partial charge in [-0.15, -0.1) is 11.3 Å². The number of carbonyl (C=O) groups is 1. The first-order chi connectivity index (χ1) is 12.4. The molecule has 3 aromatic rings. The maximum Gasteiger partial charge on any atom is 0.338 e. The lowest BCUT2D eigenvalue weighted by Crippen LogP contribution is -2.11. The predicted octanol–water partition coefficient (Wildman–Crippen LogP) is 3.54. The Hall–Kier alpha value is -2.71. The van der Waals surface area contributed by atoms with Crippen LogP contribution < -0.4 is 4.72 Å². The number of carbonyl (C=O) groups excluding carboxylic acids is 1. The Kier molecular flexibility index (Phi) is 5.34. The number of nitrogens with one attached hydrogen (secondary N) is 1. The SMILES string of the molecule is CS(=O)(=O)Nc1cccc(C(=O)OCc2cnc(-c3ccccc3)s2)c1. The molecule has 0 spiro atoms. The highest BCUT2D eigenvalue weighted by molar-refractivity contribution is 7.92. The van der Waals surface area contributed by atoms with Crippen LogP contribution in [-0.4, -0.2) is 25.6 Å². The van der Waals surface area contributed by atoms with E-state index in [1.165, 1.54) is 17.4 Å². The second-order valence-electron chi connectivity index (χ2n) is 5.53. The molecule has 0 unspecified atom stereocenters. The summed E-state index contributed by atoms with van der Waals surface area (Å²) in [7, 11) is -3.41. The van der Waals surface area contributed by atoms with E-state index in [-0.39, 0.29) is 12.2 Å². The molecule has 0 saturated heterocycles. The third kappa shape index (κ3) is 4.90. The van der Waals surface area contributed by atoms with Crippen molar-refractivity contribution in [2.45, 2.75) is 6.61 Å². The first-order valence-corrected chi connectivity index (χ1v) is 10.4. The minimum Gasteiger partial charge on any atom is -0.456 e. The highest BCUT2D eigenvalue weighted by Crippen LogP contribution is 2.25. The number of sulfonamides is 1. The van der Waals surface area contributed by atoms with Gasteiger partial charge in [0.2, 0.25) is 10.0 Å². The van der Waals surface area contributed by atoms with E-state index in [1.54, 1.807) is 24.4 Å². The minimum absolute atomic E-state index is 0.104. The number of hydrogen-bond donors (Lipinski definition) is 1. The number of aromatic nitrogens is 1. The molecule has 6 nitrogen and oxygen atoms in total. The van der Waals surface area contributed by atoms with Gasteiger partial charge in [0.05, 0.1) is 16.7 Å². The molecule has 134 valence electrons. The van der Waals surface area contributed by atoms with E-state index in [1.807, 2.05) is 30.3 Å². The summed E-state index contributed by atoms with van der Waals surface area (Å²) in [5.74, 6) is -0.531. The molecule has 0 aliphatic rings. The Labute approximate surface area is 155 Å². The molecular weight excluding hydrogens is 372 g/mol. The fraction of sp³-hybridized carbons (Fsp3) is 0.111. The van der Waals surface area contributed by atoms with Crippen LogP contribution in [0.5, 0.6) is 0 Å². The number of nitrogens with zero attached hydrogens (tertiary/aromatic N) is 1. The number of thiazole rings is 1. The summed E-state index contributed by atoms with van der Waals surface area (Å²) in [5, 5.41) is 0.857. The van der Waals surface area contributed by atoms with Crippen molar-refractivity contribution in [1.82, 2.24) is 4.98 Å². The summed E-state index contributed by atoms with van der Waals surface area (Å²) in [6, 6.07) is 15.9. The van der Waals surface area contributed by atoms with Crippen molar-refractivity contribution in [2.75, 3.05) is 11.0 Å². The number of rotatable bonds is 6. The van der Waals surface area contributed by atoms with E-state index in [4.69, 9.17) is 4.74 Å². The molecule has 0 atom stereocenters. The van der Waals surface area contributed by atoms with Gasteiger partial charge in [-0.3, -0.25) is 4.72 Å². The zero-order chi connectivity index (χ0) is 18.6. The molecule has 0 bridgehead atoms. The zero-order valence-electron chi connectivity index (χ0n) is 13.9. The molecule has 0 radical (unpaired) electrons. The molecule has 26 heavy (non-hydrogen) atoms. The van der Waals surface area contributed by atoms with Crippen molar-refractivity contribution in [1.29, 1.82) is 0 Å². The number of ether oxygens (including phenoxy) is 1. The van der Waals surface area contributed by atoms with Crippen LogP contribution in [0.4, 0.5) is 5.69 Å². The molecule has 1 N–H and O–H groups in total. The maximum atomic E-state index is 12.2. The quantitative estimate of drug-likeness (QED) is 0.653. The van der Waals surface area contributed by atoms with E-state index in [0.717, 1.165) is 21.7 Å². The standard InChI is InChI=1S/C18H16N2O4S2/c1-26(22,23)20-15-9-5-8-14(10-15)18(21)24-12-16-11-19-17(25-16)13-6-3-2-4-7-13/h2-11,20H,12H2,1H3. The van der Waals surface area contributed by atoms with Gasteiger partial charge in [-0.25, -0.2) is 18.2 Å². The lowest BCUT2D eigenvalue weighted by atomic mass is 10.2. The Balaban J connectivity index is 1.64. The molecule has 8 heteroatoms. The lowest BCUT2D eigenvalue weighted by Gasteiger charge is -2.06. The summed E-state index contributed by atoms with van der Waals surface area (Å²) in [4.78, 5) is 17.4. The molecule has 0 saturated carbocycles. The highest BCUT2D eigenvalue weighted by atomic mass is 32.2. The number of hydrogen-bond acceptors (Lipinski definition) is 6. The number of benzene rings is 2. The van der Waals surface area contributed by atoms with Crippen molar-refractivity contribution in [3.05, 3.63) is 71.2 Å². The van der Waals surface area contributed by atoms with Crippen LogP contribution >= 0.6 is 11.3 Å². The van der Waals surface area contributed by atoms with Gasteiger partial charge in [0, 0.05) is 17.4 Å². The molecule has 1 aromatic heterocycles. The van der Waals surface area contributed by atoms with Crippen LogP contribution in [-0.2, 0) is 21.4 Å². The topological polar surface area (TPSA) is 85.4 Å². The highest BCUT2D eigenvalue weighted by Gasteiger charge is 2.11. The average molecular weight is 388 g/mol. The fourth-order valence-electron chi connectivity index (χ4n) is 2.23. The van der Waals surface area contributed by atoms with Crippen LogP contribution in [0.1, 0.15) is 15.2 Å². The smallest absolute Gasteiger partial charge is 0.338 e. The third-order valence-electron chi connectivity index (χ3n) is 3.32. The first kappa shape index (κ1) is 18.1. The molecule has 0 aliphatic carbocycles. The Morgan fingerprint density at radius 3 is 2.65 bits per heavy atom. The predicted molar refractivity (Wildman–Crippen MR) is 102 cm³/mol. The number of esters is 1. The molecule has 3 rings (SSSR count). The van der Waals surface area contributed by atoms with Crippen LogP contribution in [0.2, 0.25) is 0 Å². The monoisotopic (exact) mass is 388 g/mol. The molecule has 0 aliphatic heterocycles. The van der Waals surface area contributed by atoms with Gasteiger partial charge in [-0.1, -0.05) is 36.4 Å². The van der Waals surface area contributed by atoms with Crippen molar-refractivity contribution < 1.29 is 17.9 Å². The van der Waals surface area contributed by atoms with Gasteiger partial charge < -0.3 is 4.74 Å². The van der Waals surface area contributed by atoms with E-state index >= 15 is 0 Å². The van der Waals surface area contributed by atoms with Crippen molar-refractivity contribution in [3.8, 4) is 10.6 Å². The van der Waals surface area contributed by atoms with Crippen molar-refractivity contribution in [3.63, 3.8) is 0 Å². The summed E-state index contributed by atoms with van der Waals surface area (Å²) < 4.78 is 30.2. The summed E-state index contributed by atoms with van der Waals surface area (Å²) >= 11 is 1.45. The van der Waals surface area contributed by atoms with Gasteiger partial charge in [0.1, 0.15) is 11.6 Å². The van der Waals surface area contributed by atoms with Gasteiger partial charge in [-0.05, 0) is 18.2 Å². The molecule has 2 aromatic carbocycles. The van der Waals surface area contributed by atoms with Gasteiger partial charge >= 0.3 is 5.97 Å². The summed E-state index contributed by atoms with van der Waals surface area (Å²) in [6.07, 6.45) is 2.73. The maximum absolute atomic E-state index is 12.2. The van der Waals surface area contributed by atoms with E-state index in [2.05, 4.69) is 9.71 Å². The Morgan fingerprint density at radius 1 is 1.15 bits per heavy atom. The fourth-order valence-corrected chi connectivity index (χ4v) is 3.62. The van der Waals surface area contributed by atoms with Gasteiger partial charge in [-0.2, -0.15) is 0 Å². The first-order valence-electron chi connectivity index (χ1n) is 7.66. The largest absolute Gasteiger partial charge is 0.456 e. The van der Waals surface area contributed by atoms with E-state index in [9.17, 15) is 13.2 Å². The van der Waals surface area contributed by atoms with Crippen LogP contribution in [0.3, 0.4) is 0 Å². The normalized spacial score (nSPS) is 11.1. The molecule has 0 amide bonds. The van der Waals surface area contributed by atoms with Crippen LogP contribution in [0.25, 0.3) is 10.6 Å². The van der Waals surface area contributed by atoms with Gasteiger partial charge in [0.25, 0.3) is 0 Å². The second-order valence-corrected chi connectivity index (χ2v) is 8.39.